The third-order valence-corrected chi connectivity index (χ3v) is 6.49. The Morgan fingerprint density at radius 2 is 1.65 bits per heavy atom. The summed E-state index contributed by atoms with van der Waals surface area (Å²) in [6, 6.07) is 16.3. The lowest BCUT2D eigenvalue weighted by atomic mass is 9.91. The molecule has 0 aliphatic rings. The summed E-state index contributed by atoms with van der Waals surface area (Å²) in [5.41, 5.74) is 1.85. The van der Waals surface area contributed by atoms with Crippen molar-refractivity contribution in [2.24, 2.45) is 5.92 Å². The summed E-state index contributed by atoms with van der Waals surface area (Å²) in [6.07, 6.45) is 2.42. The molecule has 37 heavy (non-hydrogen) atoms. The highest BCUT2D eigenvalue weighted by Gasteiger charge is 2.32. The van der Waals surface area contributed by atoms with Gasteiger partial charge in [-0.3, -0.25) is 14.4 Å². The minimum absolute atomic E-state index is 0.0812. The summed E-state index contributed by atoms with van der Waals surface area (Å²) in [4.78, 5) is 41.3. The van der Waals surface area contributed by atoms with Crippen LogP contribution < -0.4 is 5.32 Å². The first-order chi connectivity index (χ1) is 17.7. The quantitative estimate of drug-likeness (QED) is 0.282. The minimum Gasteiger partial charge on any atom is -0.466 e. The van der Waals surface area contributed by atoms with Gasteiger partial charge in [-0.1, -0.05) is 81.3 Å². The third kappa shape index (κ3) is 10.6. The standard InChI is InChI=1S/C30H41ClN2O4/c1-5-7-17-33(27(18-22(3)4)30(36)32-21-23-11-9-8-10-12-23)28(34)19-25(20-29(35)37-6-2)24-13-15-26(31)16-14-24/h8-16,22,25,27H,5-7,17-21H2,1-4H3,(H,32,36)/t25-,27+/m0/s1. The van der Waals surface area contributed by atoms with Crippen LogP contribution in [0.25, 0.3) is 0 Å². The van der Waals surface area contributed by atoms with Gasteiger partial charge in [0.25, 0.3) is 0 Å². The fourth-order valence-electron chi connectivity index (χ4n) is 4.30. The van der Waals surface area contributed by atoms with Gasteiger partial charge < -0.3 is 15.0 Å². The number of amides is 2. The number of carbonyl (C=O) groups excluding carboxylic acids is 3. The summed E-state index contributed by atoms with van der Waals surface area (Å²) < 4.78 is 5.18. The molecule has 0 unspecified atom stereocenters. The van der Waals surface area contributed by atoms with Crippen LogP contribution in [0.1, 0.15) is 76.8 Å². The van der Waals surface area contributed by atoms with E-state index in [1.54, 1.807) is 24.0 Å². The Morgan fingerprint density at radius 1 is 0.973 bits per heavy atom. The number of carbonyl (C=O) groups is 3. The Bertz CT molecular complexity index is 979. The van der Waals surface area contributed by atoms with Crippen molar-refractivity contribution in [3.05, 3.63) is 70.7 Å². The number of hydrogen-bond donors (Lipinski definition) is 1. The van der Waals surface area contributed by atoms with Crippen LogP contribution in [0.4, 0.5) is 0 Å². The molecule has 2 atom stereocenters. The summed E-state index contributed by atoms with van der Waals surface area (Å²) in [5.74, 6) is -0.806. The lowest BCUT2D eigenvalue weighted by Crippen LogP contribution is -2.50. The smallest absolute Gasteiger partial charge is 0.306 e. The van der Waals surface area contributed by atoms with Crippen molar-refractivity contribution in [2.45, 2.75) is 78.3 Å². The predicted molar refractivity (Wildman–Crippen MR) is 148 cm³/mol. The third-order valence-electron chi connectivity index (χ3n) is 6.24. The van der Waals surface area contributed by atoms with E-state index >= 15 is 0 Å². The van der Waals surface area contributed by atoms with E-state index in [-0.39, 0.29) is 49.1 Å². The van der Waals surface area contributed by atoms with Crippen LogP contribution in [0.5, 0.6) is 0 Å². The first kappa shape index (κ1) is 30.4. The molecule has 0 fully saturated rings. The molecule has 2 amide bonds. The second kappa shape index (κ2) is 16.1. The normalized spacial score (nSPS) is 12.6. The molecule has 0 aromatic heterocycles. The number of nitrogens with one attached hydrogen (secondary N) is 1. The maximum atomic E-state index is 13.8. The summed E-state index contributed by atoms with van der Waals surface area (Å²) in [6.45, 7) is 9.10. The molecule has 0 aliphatic carbocycles. The van der Waals surface area contributed by atoms with Gasteiger partial charge in [-0.2, -0.15) is 0 Å². The van der Waals surface area contributed by atoms with Gasteiger partial charge in [0.1, 0.15) is 6.04 Å². The number of rotatable bonds is 15. The Balaban J connectivity index is 2.28. The van der Waals surface area contributed by atoms with E-state index in [1.165, 1.54) is 0 Å². The molecule has 2 rings (SSSR count). The molecule has 0 aliphatic heterocycles. The van der Waals surface area contributed by atoms with Gasteiger partial charge in [-0.25, -0.2) is 0 Å². The second-order valence-corrected chi connectivity index (χ2v) is 10.2. The van der Waals surface area contributed by atoms with Crippen molar-refractivity contribution in [1.29, 1.82) is 0 Å². The van der Waals surface area contributed by atoms with Gasteiger partial charge in [0.15, 0.2) is 0 Å². The monoisotopic (exact) mass is 528 g/mol. The van der Waals surface area contributed by atoms with Crippen molar-refractivity contribution in [1.82, 2.24) is 10.2 Å². The number of unbranched alkanes of at least 4 members (excludes halogenated alkanes) is 1. The molecule has 0 saturated heterocycles. The van der Waals surface area contributed by atoms with Crippen molar-refractivity contribution in [3.63, 3.8) is 0 Å². The van der Waals surface area contributed by atoms with Crippen LogP contribution in [0, 0.1) is 5.92 Å². The fourth-order valence-corrected chi connectivity index (χ4v) is 4.43. The lowest BCUT2D eigenvalue weighted by Gasteiger charge is -2.33. The molecule has 0 heterocycles. The largest absolute Gasteiger partial charge is 0.466 e. The number of nitrogens with zero attached hydrogens (tertiary/aromatic N) is 1. The maximum Gasteiger partial charge on any atom is 0.306 e. The zero-order valence-corrected chi connectivity index (χ0v) is 23.3. The number of benzene rings is 2. The van der Waals surface area contributed by atoms with Gasteiger partial charge in [0.2, 0.25) is 11.8 Å². The Labute approximate surface area is 226 Å². The van der Waals surface area contributed by atoms with Crippen molar-refractivity contribution in [3.8, 4) is 0 Å². The summed E-state index contributed by atoms with van der Waals surface area (Å²) in [5, 5.41) is 3.62. The number of hydrogen-bond acceptors (Lipinski definition) is 4. The van der Waals surface area contributed by atoms with Crippen LogP contribution in [-0.2, 0) is 25.7 Å². The minimum atomic E-state index is -0.587. The van der Waals surface area contributed by atoms with Crippen LogP contribution >= 0.6 is 11.6 Å². The van der Waals surface area contributed by atoms with Crippen molar-refractivity contribution in [2.75, 3.05) is 13.2 Å². The number of ether oxygens (including phenoxy) is 1. The van der Waals surface area contributed by atoms with Gasteiger partial charge in [-0.05, 0) is 48.9 Å². The van der Waals surface area contributed by atoms with Gasteiger partial charge in [-0.15, -0.1) is 0 Å². The fraction of sp³-hybridized carbons (Fsp3) is 0.500. The van der Waals surface area contributed by atoms with E-state index in [9.17, 15) is 14.4 Å². The number of halogens is 1. The molecule has 1 N–H and O–H groups in total. The molecule has 0 radical (unpaired) electrons. The van der Waals surface area contributed by atoms with E-state index in [2.05, 4.69) is 26.1 Å². The first-order valence-corrected chi connectivity index (χ1v) is 13.6. The van der Waals surface area contributed by atoms with Crippen LogP contribution in [0.3, 0.4) is 0 Å². The molecule has 0 saturated carbocycles. The van der Waals surface area contributed by atoms with Crippen LogP contribution in [0.2, 0.25) is 5.02 Å². The molecule has 0 bridgehead atoms. The average molecular weight is 529 g/mol. The van der Waals surface area contributed by atoms with Gasteiger partial charge in [0.05, 0.1) is 13.0 Å². The first-order valence-electron chi connectivity index (χ1n) is 13.3. The molecular formula is C30H41ClN2O4. The highest BCUT2D eigenvalue weighted by Crippen LogP contribution is 2.28. The highest BCUT2D eigenvalue weighted by molar-refractivity contribution is 6.30. The van der Waals surface area contributed by atoms with E-state index < -0.39 is 6.04 Å². The molecule has 7 heteroatoms. The van der Waals surface area contributed by atoms with E-state index in [0.29, 0.717) is 24.5 Å². The van der Waals surface area contributed by atoms with Gasteiger partial charge >= 0.3 is 5.97 Å². The van der Waals surface area contributed by atoms with Crippen LogP contribution in [-0.4, -0.2) is 41.9 Å². The summed E-state index contributed by atoms with van der Waals surface area (Å²) in [7, 11) is 0. The zero-order chi connectivity index (χ0) is 27.2. The van der Waals surface area contributed by atoms with Gasteiger partial charge in [0, 0.05) is 30.5 Å². The maximum absolute atomic E-state index is 13.8. The Kier molecular flexibility index (Phi) is 13.2. The second-order valence-electron chi connectivity index (χ2n) is 9.75. The summed E-state index contributed by atoms with van der Waals surface area (Å²) >= 11 is 6.07. The molecule has 0 spiro atoms. The van der Waals surface area contributed by atoms with Crippen LogP contribution in [0.15, 0.2) is 54.6 Å². The zero-order valence-electron chi connectivity index (χ0n) is 22.5. The molecule has 6 nitrogen and oxygen atoms in total. The predicted octanol–water partition coefficient (Wildman–Crippen LogP) is 6.13. The lowest BCUT2D eigenvalue weighted by molar-refractivity contribution is -0.145. The van der Waals surface area contributed by atoms with E-state index in [4.69, 9.17) is 16.3 Å². The average Bonchev–Trinajstić information content (AvgIpc) is 2.87. The molecule has 2 aromatic rings. The van der Waals surface area contributed by atoms with E-state index in [1.807, 2.05) is 42.5 Å². The topological polar surface area (TPSA) is 75.7 Å². The number of esters is 1. The molecular weight excluding hydrogens is 488 g/mol. The van der Waals surface area contributed by atoms with Crippen molar-refractivity contribution >= 4 is 29.4 Å². The Hall–Kier alpha value is -2.86. The molecule has 202 valence electrons. The van der Waals surface area contributed by atoms with E-state index in [0.717, 1.165) is 24.0 Å². The Morgan fingerprint density at radius 3 is 2.24 bits per heavy atom. The molecule has 2 aromatic carbocycles. The van der Waals surface area contributed by atoms with Crippen molar-refractivity contribution < 1.29 is 19.1 Å². The highest BCUT2D eigenvalue weighted by atomic mass is 35.5. The SMILES string of the molecule is CCCCN(C(=O)C[C@@H](CC(=O)OCC)c1ccc(Cl)cc1)[C@H](CC(C)C)C(=O)NCc1ccccc1.